The van der Waals surface area contributed by atoms with Gasteiger partial charge in [0.1, 0.15) is 0 Å². The van der Waals surface area contributed by atoms with Crippen molar-refractivity contribution in [2.75, 3.05) is 26.2 Å². The minimum atomic E-state index is -0.0771. The Bertz CT molecular complexity index is 269. The molecule has 1 rings (SSSR count). The molecule has 0 amide bonds. The fourth-order valence-electron chi connectivity index (χ4n) is 2.57. The van der Waals surface area contributed by atoms with Gasteiger partial charge >= 0.3 is 5.97 Å². The molecule has 0 radical (unpaired) electrons. The summed E-state index contributed by atoms with van der Waals surface area (Å²) in [6.07, 6.45) is 2.61. The Hall–Kier alpha value is -0.610. The monoisotopic (exact) mass is 256 g/mol. The van der Waals surface area contributed by atoms with Crippen molar-refractivity contribution in [3.05, 3.63) is 0 Å². The minimum absolute atomic E-state index is 0.0769. The number of carbonyl (C=O) groups is 1. The lowest BCUT2D eigenvalue weighted by atomic mass is 9.94. The second-order valence-electron chi connectivity index (χ2n) is 5.50. The fraction of sp³-hybridized carbons (Fsp3) is 0.929. The van der Waals surface area contributed by atoms with Crippen LogP contribution in [-0.4, -0.2) is 48.7 Å². The molecule has 0 aromatic carbocycles. The molecule has 0 spiro atoms. The van der Waals surface area contributed by atoms with Gasteiger partial charge in [-0.3, -0.25) is 9.69 Å². The van der Waals surface area contributed by atoms with E-state index < -0.39 is 0 Å². The lowest BCUT2D eigenvalue weighted by molar-refractivity contribution is -0.144. The molecule has 106 valence electrons. The number of carbonyl (C=O) groups excluding carboxylic acids is 1. The van der Waals surface area contributed by atoms with E-state index in [-0.39, 0.29) is 11.5 Å². The topological polar surface area (TPSA) is 41.6 Å². The summed E-state index contributed by atoms with van der Waals surface area (Å²) in [6.45, 7) is 11.9. The molecule has 1 saturated heterocycles. The van der Waals surface area contributed by atoms with E-state index in [4.69, 9.17) is 4.74 Å². The smallest absolute Gasteiger partial charge is 0.307 e. The summed E-state index contributed by atoms with van der Waals surface area (Å²) in [5, 5.41) is 3.58. The highest BCUT2D eigenvalue weighted by molar-refractivity contribution is 5.71. The van der Waals surface area contributed by atoms with Crippen molar-refractivity contribution in [1.82, 2.24) is 10.2 Å². The van der Waals surface area contributed by atoms with Gasteiger partial charge in [0.05, 0.1) is 13.0 Å². The first-order chi connectivity index (χ1) is 8.53. The van der Waals surface area contributed by atoms with Crippen LogP contribution in [0.2, 0.25) is 0 Å². The van der Waals surface area contributed by atoms with E-state index >= 15 is 0 Å². The molecule has 4 nitrogen and oxygen atoms in total. The SMILES string of the molecule is CCCNC1(CC(=O)OCC)CCN(C(C)C)C1. The molecule has 1 unspecified atom stereocenters. The van der Waals surface area contributed by atoms with E-state index in [1.165, 1.54) is 0 Å². The van der Waals surface area contributed by atoms with Gasteiger partial charge in [-0.05, 0) is 40.2 Å². The molecule has 0 aromatic heterocycles. The number of nitrogens with zero attached hydrogens (tertiary/aromatic N) is 1. The third-order valence-electron chi connectivity index (χ3n) is 3.65. The highest BCUT2D eigenvalue weighted by Crippen LogP contribution is 2.27. The first-order valence-electron chi connectivity index (χ1n) is 7.17. The minimum Gasteiger partial charge on any atom is -0.466 e. The highest BCUT2D eigenvalue weighted by Gasteiger charge is 2.40. The maximum atomic E-state index is 11.8. The average molecular weight is 256 g/mol. The summed E-state index contributed by atoms with van der Waals surface area (Å²) < 4.78 is 5.11. The van der Waals surface area contributed by atoms with Gasteiger partial charge in [0, 0.05) is 24.7 Å². The molecule has 1 heterocycles. The van der Waals surface area contributed by atoms with E-state index in [9.17, 15) is 4.79 Å². The number of hydrogen-bond acceptors (Lipinski definition) is 4. The van der Waals surface area contributed by atoms with Crippen LogP contribution < -0.4 is 5.32 Å². The van der Waals surface area contributed by atoms with Gasteiger partial charge in [0.15, 0.2) is 0 Å². The number of rotatable bonds is 7. The van der Waals surface area contributed by atoms with Crippen molar-refractivity contribution in [3.63, 3.8) is 0 Å². The van der Waals surface area contributed by atoms with Gasteiger partial charge in [-0.1, -0.05) is 6.92 Å². The van der Waals surface area contributed by atoms with Gasteiger partial charge < -0.3 is 10.1 Å². The summed E-state index contributed by atoms with van der Waals surface area (Å²) >= 11 is 0. The predicted molar refractivity (Wildman–Crippen MR) is 73.6 cm³/mol. The molecule has 4 heteroatoms. The maximum Gasteiger partial charge on any atom is 0.307 e. The second kappa shape index (κ2) is 7.10. The molecule has 0 aromatic rings. The Balaban J connectivity index is 2.62. The van der Waals surface area contributed by atoms with E-state index in [1.54, 1.807) is 0 Å². The van der Waals surface area contributed by atoms with Crippen molar-refractivity contribution >= 4 is 5.97 Å². The lowest BCUT2D eigenvalue weighted by Crippen LogP contribution is -2.50. The summed E-state index contributed by atoms with van der Waals surface area (Å²) in [4.78, 5) is 14.2. The summed E-state index contributed by atoms with van der Waals surface area (Å²) in [5.41, 5.74) is -0.0769. The Kier molecular flexibility index (Phi) is 6.09. The molecular formula is C14H28N2O2. The normalized spacial score (nSPS) is 24.7. The van der Waals surface area contributed by atoms with Crippen LogP contribution in [-0.2, 0) is 9.53 Å². The number of nitrogens with one attached hydrogen (secondary N) is 1. The highest BCUT2D eigenvalue weighted by atomic mass is 16.5. The van der Waals surface area contributed by atoms with Crippen LogP contribution in [0.4, 0.5) is 0 Å². The fourth-order valence-corrected chi connectivity index (χ4v) is 2.57. The summed E-state index contributed by atoms with van der Waals surface area (Å²) in [5.74, 6) is -0.0771. The first-order valence-corrected chi connectivity index (χ1v) is 7.17. The Labute approximate surface area is 111 Å². The van der Waals surface area contributed by atoms with Crippen molar-refractivity contribution < 1.29 is 9.53 Å². The van der Waals surface area contributed by atoms with Crippen LogP contribution in [0.1, 0.15) is 47.0 Å². The molecule has 1 atom stereocenters. The van der Waals surface area contributed by atoms with E-state index in [0.29, 0.717) is 19.1 Å². The third-order valence-corrected chi connectivity index (χ3v) is 3.65. The van der Waals surface area contributed by atoms with Gasteiger partial charge in [0.2, 0.25) is 0 Å². The standard InChI is InChI=1S/C14H28N2O2/c1-5-8-15-14(10-13(17)18-6-2)7-9-16(11-14)12(3)4/h12,15H,5-11H2,1-4H3. The molecular weight excluding hydrogens is 228 g/mol. The molecule has 1 aliphatic heterocycles. The van der Waals surface area contributed by atoms with Gasteiger partial charge in [0.25, 0.3) is 0 Å². The van der Waals surface area contributed by atoms with E-state index in [1.807, 2.05) is 6.92 Å². The summed E-state index contributed by atoms with van der Waals surface area (Å²) in [6, 6.07) is 0.539. The van der Waals surface area contributed by atoms with Crippen LogP contribution in [0, 0.1) is 0 Å². The maximum absolute atomic E-state index is 11.8. The molecule has 18 heavy (non-hydrogen) atoms. The molecule has 0 saturated carbocycles. The second-order valence-corrected chi connectivity index (χ2v) is 5.50. The van der Waals surface area contributed by atoms with Gasteiger partial charge in [-0.15, -0.1) is 0 Å². The zero-order chi connectivity index (χ0) is 13.6. The Morgan fingerprint density at radius 3 is 2.67 bits per heavy atom. The number of hydrogen-bond donors (Lipinski definition) is 1. The Morgan fingerprint density at radius 1 is 1.44 bits per heavy atom. The van der Waals surface area contributed by atoms with Crippen molar-refractivity contribution in [2.24, 2.45) is 0 Å². The van der Waals surface area contributed by atoms with Crippen LogP contribution >= 0.6 is 0 Å². The van der Waals surface area contributed by atoms with Gasteiger partial charge in [-0.2, -0.15) is 0 Å². The Morgan fingerprint density at radius 2 is 2.17 bits per heavy atom. The van der Waals surface area contributed by atoms with Crippen LogP contribution in [0.15, 0.2) is 0 Å². The van der Waals surface area contributed by atoms with E-state index in [0.717, 1.165) is 32.5 Å². The zero-order valence-electron chi connectivity index (χ0n) is 12.3. The summed E-state index contributed by atoms with van der Waals surface area (Å²) in [7, 11) is 0. The quantitative estimate of drug-likeness (QED) is 0.705. The number of likely N-dealkylation sites (tertiary alicyclic amines) is 1. The molecule has 1 N–H and O–H groups in total. The van der Waals surface area contributed by atoms with E-state index in [2.05, 4.69) is 31.0 Å². The van der Waals surface area contributed by atoms with Crippen LogP contribution in [0.5, 0.6) is 0 Å². The van der Waals surface area contributed by atoms with Crippen LogP contribution in [0.25, 0.3) is 0 Å². The zero-order valence-corrected chi connectivity index (χ0v) is 12.3. The van der Waals surface area contributed by atoms with Gasteiger partial charge in [-0.25, -0.2) is 0 Å². The molecule has 1 fully saturated rings. The molecule has 1 aliphatic rings. The molecule has 0 bridgehead atoms. The predicted octanol–water partition coefficient (Wildman–Crippen LogP) is 1.79. The van der Waals surface area contributed by atoms with Crippen molar-refractivity contribution in [3.8, 4) is 0 Å². The van der Waals surface area contributed by atoms with Crippen molar-refractivity contribution in [1.29, 1.82) is 0 Å². The number of esters is 1. The largest absolute Gasteiger partial charge is 0.466 e. The first kappa shape index (κ1) is 15.4. The number of ether oxygens (including phenoxy) is 1. The average Bonchev–Trinajstić information content (AvgIpc) is 2.71. The molecule has 0 aliphatic carbocycles. The lowest BCUT2D eigenvalue weighted by Gasteiger charge is -2.31. The third kappa shape index (κ3) is 4.25. The van der Waals surface area contributed by atoms with Crippen molar-refractivity contribution in [2.45, 2.75) is 58.5 Å². The van der Waals surface area contributed by atoms with Crippen LogP contribution in [0.3, 0.4) is 0 Å².